The topological polar surface area (TPSA) is 93.2 Å². The molecule has 2 fully saturated rings. The second-order valence-corrected chi connectivity index (χ2v) is 5.52. The minimum absolute atomic E-state index is 0.0399. The molecule has 2 atom stereocenters. The Labute approximate surface area is 117 Å². The van der Waals surface area contributed by atoms with E-state index in [4.69, 9.17) is 0 Å². The molecule has 2 bridgehead atoms. The van der Waals surface area contributed by atoms with Crippen LogP contribution in [0.3, 0.4) is 0 Å². The molecule has 0 aliphatic carbocycles. The van der Waals surface area contributed by atoms with E-state index >= 15 is 0 Å². The van der Waals surface area contributed by atoms with Crippen molar-refractivity contribution in [1.82, 2.24) is 20.2 Å². The Morgan fingerprint density at radius 1 is 1.40 bits per heavy atom. The van der Waals surface area contributed by atoms with Gasteiger partial charge >= 0.3 is 6.03 Å². The zero-order valence-electron chi connectivity index (χ0n) is 11.7. The molecule has 2 aliphatic heterocycles. The molecule has 2 N–H and O–H groups in total. The smallest absolute Gasteiger partial charge is 0.344 e. The summed E-state index contributed by atoms with van der Waals surface area (Å²) in [5.41, 5.74) is 0. The van der Waals surface area contributed by atoms with Gasteiger partial charge in [0.25, 0.3) is 0 Å². The third-order valence-electron chi connectivity index (χ3n) is 3.60. The first-order valence-corrected chi connectivity index (χ1v) is 6.63. The molecule has 3 amide bonds. The van der Waals surface area contributed by atoms with E-state index < -0.39 is 12.1 Å². The van der Waals surface area contributed by atoms with Crippen LogP contribution in [0.4, 0.5) is 4.79 Å². The Morgan fingerprint density at radius 3 is 2.75 bits per heavy atom. The van der Waals surface area contributed by atoms with Gasteiger partial charge in [0.2, 0.25) is 5.91 Å². The highest BCUT2D eigenvalue weighted by molar-refractivity contribution is 5.92. The van der Waals surface area contributed by atoms with Gasteiger partial charge in [-0.1, -0.05) is 0 Å². The minimum Gasteiger partial charge on any atom is -0.347 e. The molecule has 0 aromatic heterocycles. The van der Waals surface area contributed by atoms with Crippen LogP contribution in [0, 0.1) is 0 Å². The lowest BCUT2D eigenvalue weighted by molar-refractivity contribution is -0.128. The van der Waals surface area contributed by atoms with E-state index in [1.165, 1.54) is 4.90 Å². The summed E-state index contributed by atoms with van der Waals surface area (Å²) < 4.78 is 0. The number of piperidine rings is 1. The molecule has 0 aromatic carbocycles. The van der Waals surface area contributed by atoms with E-state index in [0.717, 1.165) is 0 Å². The van der Waals surface area contributed by atoms with Gasteiger partial charge in [0.05, 0.1) is 19.1 Å². The van der Waals surface area contributed by atoms with Crippen molar-refractivity contribution in [2.45, 2.75) is 24.9 Å². The number of rotatable bonds is 5. The van der Waals surface area contributed by atoms with E-state index in [9.17, 15) is 19.6 Å². The number of fused-ring (bicyclic) bond motifs is 2. The van der Waals surface area contributed by atoms with E-state index in [1.807, 2.05) is 0 Å². The summed E-state index contributed by atoms with van der Waals surface area (Å²) in [7, 11) is 3.56. The maximum atomic E-state index is 12.1. The van der Waals surface area contributed by atoms with Gasteiger partial charge in [-0.2, -0.15) is 0 Å². The van der Waals surface area contributed by atoms with E-state index in [2.05, 4.69) is 5.32 Å². The van der Waals surface area contributed by atoms with Gasteiger partial charge in [-0.25, -0.2) is 9.86 Å². The number of likely N-dealkylation sites (N-methyl/N-ethyl adjacent to an activating group) is 1. The fourth-order valence-corrected chi connectivity index (χ4v) is 2.64. The fraction of sp³-hybridized carbons (Fsp3) is 0.750. The van der Waals surface area contributed by atoms with Crippen molar-refractivity contribution in [2.75, 3.05) is 33.7 Å². The van der Waals surface area contributed by atoms with E-state index in [-0.39, 0.29) is 30.8 Å². The minimum atomic E-state index is -0.594. The molecule has 2 rings (SSSR count). The van der Waals surface area contributed by atoms with E-state index in [1.54, 1.807) is 19.0 Å². The molecule has 0 unspecified atom stereocenters. The quantitative estimate of drug-likeness (QED) is 0.625. The number of ketones is 1. The Kier molecular flexibility index (Phi) is 4.24. The number of carbonyl (C=O) groups excluding carboxylic acids is 3. The average molecular weight is 284 g/mol. The number of nitrogens with one attached hydrogen (secondary N) is 1. The molecule has 20 heavy (non-hydrogen) atoms. The van der Waals surface area contributed by atoms with Crippen molar-refractivity contribution in [1.29, 1.82) is 0 Å². The highest BCUT2D eigenvalue weighted by atomic mass is 16.5. The first-order chi connectivity index (χ1) is 9.40. The normalized spacial score (nSPS) is 25.3. The summed E-state index contributed by atoms with van der Waals surface area (Å²) in [5, 5.41) is 12.8. The first kappa shape index (κ1) is 14.7. The van der Waals surface area contributed by atoms with Gasteiger partial charge in [0.15, 0.2) is 5.78 Å². The average Bonchev–Trinajstić information content (AvgIpc) is 2.61. The largest absolute Gasteiger partial charge is 0.347 e. The van der Waals surface area contributed by atoms with Gasteiger partial charge in [-0.3, -0.25) is 14.8 Å². The standard InChI is InChI=1S/C12H20N4O4/c1-14(2)7-9(17)5-13-11(18)10-4-3-8-6-15(10)12(19)16(8)20/h8,10,20H,3-7H2,1-2H3,(H,13,18)/t8-,10+/m1/s1. The summed E-state index contributed by atoms with van der Waals surface area (Å²) in [4.78, 5) is 38.4. The number of urea groups is 1. The molecule has 112 valence electrons. The molecule has 2 aliphatic rings. The molecule has 0 spiro atoms. The zero-order valence-corrected chi connectivity index (χ0v) is 11.7. The summed E-state index contributed by atoms with van der Waals surface area (Å²) in [6.45, 7) is 0.584. The summed E-state index contributed by atoms with van der Waals surface area (Å²) in [6, 6.07) is -1.35. The molecule has 0 radical (unpaired) electrons. The highest BCUT2D eigenvalue weighted by Gasteiger charge is 2.46. The highest BCUT2D eigenvalue weighted by Crippen LogP contribution is 2.28. The zero-order chi connectivity index (χ0) is 14.9. The summed E-state index contributed by atoms with van der Waals surface area (Å²) in [5.74, 6) is -0.423. The van der Waals surface area contributed by atoms with Crippen LogP contribution in [0.15, 0.2) is 0 Å². The monoisotopic (exact) mass is 284 g/mol. The molecule has 2 heterocycles. The van der Waals surface area contributed by atoms with Crippen LogP contribution < -0.4 is 5.32 Å². The van der Waals surface area contributed by atoms with Crippen molar-refractivity contribution < 1.29 is 19.6 Å². The lowest BCUT2D eigenvalue weighted by atomic mass is 10.0. The van der Waals surface area contributed by atoms with Crippen molar-refractivity contribution >= 4 is 17.7 Å². The fourth-order valence-electron chi connectivity index (χ4n) is 2.64. The van der Waals surface area contributed by atoms with Crippen LogP contribution in [-0.2, 0) is 9.59 Å². The SMILES string of the molecule is CN(C)CC(=O)CNC(=O)[C@@H]1CC[C@@H]2CN1C(=O)N2O. The van der Waals surface area contributed by atoms with Crippen LogP contribution in [-0.4, -0.2) is 83.6 Å². The second kappa shape index (κ2) is 5.76. The molecular weight excluding hydrogens is 264 g/mol. The van der Waals surface area contributed by atoms with Crippen LogP contribution >= 0.6 is 0 Å². The number of amides is 3. The maximum absolute atomic E-state index is 12.1. The van der Waals surface area contributed by atoms with Crippen LogP contribution in [0.5, 0.6) is 0 Å². The lowest BCUT2D eigenvalue weighted by Gasteiger charge is -2.29. The Hall–Kier alpha value is -1.67. The number of hydrogen-bond acceptors (Lipinski definition) is 5. The Balaban J connectivity index is 1.87. The number of hydrogen-bond donors (Lipinski definition) is 2. The lowest BCUT2D eigenvalue weighted by Crippen LogP contribution is -2.51. The molecule has 8 nitrogen and oxygen atoms in total. The van der Waals surface area contributed by atoms with E-state index in [0.29, 0.717) is 24.4 Å². The van der Waals surface area contributed by atoms with Gasteiger partial charge in [0.1, 0.15) is 6.04 Å². The summed E-state index contributed by atoms with van der Waals surface area (Å²) >= 11 is 0. The predicted octanol–water partition coefficient (Wildman–Crippen LogP) is -1.11. The van der Waals surface area contributed by atoms with Crippen molar-refractivity contribution in [3.8, 4) is 0 Å². The molecule has 8 heteroatoms. The van der Waals surface area contributed by atoms with Crippen molar-refractivity contribution in [3.63, 3.8) is 0 Å². The Bertz CT molecular complexity index is 426. The number of nitrogens with zero attached hydrogens (tertiary/aromatic N) is 3. The summed E-state index contributed by atoms with van der Waals surface area (Å²) in [6.07, 6.45) is 1.09. The number of Topliss-reactive ketones (excluding diaryl/α,β-unsaturated/α-hetero) is 1. The van der Waals surface area contributed by atoms with Gasteiger partial charge in [-0.05, 0) is 26.9 Å². The third kappa shape index (κ3) is 2.91. The maximum Gasteiger partial charge on any atom is 0.344 e. The van der Waals surface area contributed by atoms with Gasteiger partial charge in [-0.15, -0.1) is 0 Å². The number of carbonyl (C=O) groups is 3. The second-order valence-electron chi connectivity index (χ2n) is 5.52. The first-order valence-electron chi connectivity index (χ1n) is 6.63. The number of hydroxylamine groups is 2. The predicted molar refractivity (Wildman–Crippen MR) is 69.1 cm³/mol. The third-order valence-corrected chi connectivity index (χ3v) is 3.60. The van der Waals surface area contributed by atoms with Crippen LogP contribution in [0.25, 0.3) is 0 Å². The van der Waals surface area contributed by atoms with Crippen LogP contribution in [0.2, 0.25) is 0 Å². The van der Waals surface area contributed by atoms with Gasteiger partial charge in [0, 0.05) is 6.54 Å². The Morgan fingerprint density at radius 2 is 2.10 bits per heavy atom. The molecule has 0 saturated carbocycles. The molecular formula is C12H20N4O4. The molecule has 2 saturated heterocycles. The van der Waals surface area contributed by atoms with Crippen molar-refractivity contribution in [3.05, 3.63) is 0 Å². The van der Waals surface area contributed by atoms with Crippen molar-refractivity contribution in [2.24, 2.45) is 0 Å². The van der Waals surface area contributed by atoms with Gasteiger partial charge < -0.3 is 15.1 Å². The van der Waals surface area contributed by atoms with Crippen LogP contribution in [0.1, 0.15) is 12.8 Å². The molecule has 0 aromatic rings.